The third kappa shape index (κ3) is 3.65. The molecule has 104 valence electrons. The molecule has 1 aromatic rings. The Hall–Kier alpha value is -1.66. The van der Waals surface area contributed by atoms with Crippen molar-refractivity contribution in [2.75, 3.05) is 39.1 Å². The van der Waals surface area contributed by atoms with Crippen molar-refractivity contribution in [3.63, 3.8) is 0 Å². The van der Waals surface area contributed by atoms with Crippen LogP contribution < -0.4 is 5.73 Å². The van der Waals surface area contributed by atoms with E-state index in [9.17, 15) is 4.79 Å². The molecule has 0 aromatic carbocycles. The fraction of sp³-hybridized carbons (Fsp3) is 0.538. The average Bonchev–Trinajstić information content (AvgIpc) is 2.45. The summed E-state index contributed by atoms with van der Waals surface area (Å²) in [6.45, 7) is 2.39. The van der Waals surface area contributed by atoms with Crippen LogP contribution in [-0.2, 0) is 9.47 Å². The molecule has 0 spiro atoms. The van der Waals surface area contributed by atoms with Crippen LogP contribution in [-0.4, -0.2) is 55.3 Å². The summed E-state index contributed by atoms with van der Waals surface area (Å²) in [5, 5.41) is 0. The number of pyridine rings is 1. The number of carbonyl (C=O) groups is 1. The minimum Gasteiger partial charge on any atom is -0.385 e. The molecule has 2 heterocycles. The molecule has 0 bridgehead atoms. The van der Waals surface area contributed by atoms with E-state index >= 15 is 0 Å². The molecule has 1 aliphatic rings. The second-order valence-electron chi connectivity index (χ2n) is 4.50. The number of hydrogen-bond donors (Lipinski definition) is 1. The van der Waals surface area contributed by atoms with Gasteiger partial charge in [-0.3, -0.25) is 4.79 Å². The molecular formula is C13H19N3O3. The number of anilines is 1. The van der Waals surface area contributed by atoms with Gasteiger partial charge in [-0.15, -0.1) is 0 Å². The molecule has 2 N–H and O–H groups in total. The molecule has 2 rings (SSSR count). The minimum atomic E-state index is -0.0294. The predicted molar refractivity (Wildman–Crippen MR) is 70.8 cm³/mol. The summed E-state index contributed by atoms with van der Waals surface area (Å²) in [7, 11) is 1.66. The molecule has 19 heavy (non-hydrogen) atoms. The quantitative estimate of drug-likeness (QED) is 0.859. The van der Waals surface area contributed by atoms with Crippen molar-refractivity contribution < 1.29 is 14.3 Å². The molecule has 1 amide bonds. The summed E-state index contributed by atoms with van der Waals surface area (Å²) >= 11 is 0. The van der Waals surface area contributed by atoms with Gasteiger partial charge in [-0.05, 0) is 18.6 Å². The molecular weight excluding hydrogens is 246 g/mol. The first-order chi connectivity index (χ1) is 9.20. The van der Waals surface area contributed by atoms with Crippen molar-refractivity contribution >= 4 is 11.7 Å². The third-order valence-corrected chi connectivity index (χ3v) is 3.10. The average molecular weight is 265 g/mol. The lowest BCUT2D eigenvalue weighted by atomic mass is 10.2. The number of methoxy groups -OCH3 is 1. The molecule has 0 aliphatic carbocycles. The van der Waals surface area contributed by atoms with Crippen LogP contribution in [0.2, 0.25) is 0 Å². The Morgan fingerprint density at radius 3 is 3.16 bits per heavy atom. The fourth-order valence-electron chi connectivity index (χ4n) is 2.04. The first-order valence-electron chi connectivity index (χ1n) is 6.32. The Kier molecular flexibility index (Phi) is 4.70. The zero-order chi connectivity index (χ0) is 13.7. The number of rotatable bonds is 4. The maximum absolute atomic E-state index is 12.3. The van der Waals surface area contributed by atoms with Gasteiger partial charge in [0.05, 0.1) is 18.3 Å². The third-order valence-electron chi connectivity index (χ3n) is 3.10. The van der Waals surface area contributed by atoms with Crippen LogP contribution in [0.1, 0.15) is 16.8 Å². The van der Waals surface area contributed by atoms with Crippen LogP contribution >= 0.6 is 0 Å². The molecule has 1 fully saturated rings. The normalized spacial score (nSPS) is 19.4. The van der Waals surface area contributed by atoms with Gasteiger partial charge in [-0.1, -0.05) is 0 Å². The lowest BCUT2D eigenvalue weighted by Gasteiger charge is -2.33. The SMILES string of the molecule is COCCC1CN(C(=O)c2ccc(N)nc2)CCO1. The molecule has 6 nitrogen and oxygen atoms in total. The monoisotopic (exact) mass is 265 g/mol. The van der Waals surface area contributed by atoms with E-state index < -0.39 is 0 Å². The highest BCUT2D eigenvalue weighted by Gasteiger charge is 2.24. The molecule has 1 saturated heterocycles. The van der Waals surface area contributed by atoms with Crippen molar-refractivity contribution in [2.24, 2.45) is 0 Å². The largest absolute Gasteiger partial charge is 0.385 e. The maximum Gasteiger partial charge on any atom is 0.255 e. The van der Waals surface area contributed by atoms with Gasteiger partial charge in [0.25, 0.3) is 5.91 Å². The van der Waals surface area contributed by atoms with Crippen molar-refractivity contribution in [3.8, 4) is 0 Å². The van der Waals surface area contributed by atoms with Gasteiger partial charge in [-0.25, -0.2) is 4.98 Å². The maximum atomic E-state index is 12.3. The number of carbonyl (C=O) groups excluding carboxylic acids is 1. The molecule has 1 unspecified atom stereocenters. The van der Waals surface area contributed by atoms with E-state index in [1.165, 1.54) is 6.20 Å². The summed E-state index contributed by atoms with van der Waals surface area (Å²) in [6, 6.07) is 3.33. The van der Waals surface area contributed by atoms with E-state index in [1.54, 1.807) is 24.1 Å². The van der Waals surface area contributed by atoms with Gasteiger partial charge in [0.2, 0.25) is 0 Å². The number of ether oxygens (including phenoxy) is 2. The van der Waals surface area contributed by atoms with Crippen LogP contribution in [0.15, 0.2) is 18.3 Å². The van der Waals surface area contributed by atoms with Crippen molar-refractivity contribution in [1.29, 1.82) is 0 Å². The van der Waals surface area contributed by atoms with Crippen LogP contribution in [0.3, 0.4) is 0 Å². The number of aromatic nitrogens is 1. The molecule has 1 aromatic heterocycles. The number of hydrogen-bond acceptors (Lipinski definition) is 5. The number of amides is 1. The second-order valence-corrected chi connectivity index (χ2v) is 4.50. The Balaban J connectivity index is 1.96. The van der Waals surface area contributed by atoms with Gasteiger partial charge in [0.1, 0.15) is 5.82 Å². The van der Waals surface area contributed by atoms with E-state index in [-0.39, 0.29) is 12.0 Å². The number of nitrogen functional groups attached to an aromatic ring is 1. The topological polar surface area (TPSA) is 77.7 Å². The van der Waals surface area contributed by atoms with E-state index in [1.807, 2.05) is 0 Å². The Bertz CT molecular complexity index is 422. The van der Waals surface area contributed by atoms with Crippen molar-refractivity contribution in [3.05, 3.63) is 23.9 Å². The van der Waals surface area contributed by atoms with Crippen molar-refractivity contribution in [2.45, 2.75) is 12.5 Å². The van der Waals surface area contributed by atoms with E-state index in [4.69, 9.17) is 15.2 Å². The lowest BCUT2D eigenvalue weighted by molar-refractivity contribution is -0.0332. The molecule has 1 atom stereocenters. The van der Waals surface area contributed by atoms with E-state index in [2.05, 4.69) is 4.98 Å². The Morgan fingerprint density at radius 2 is 2.47 bits per heavy atom. The number of morpholine rings is 1. The smallest absolute Gasteiger partial charge is 0.255 e. The highest BCUT2D eigenvalue weighted by molar-refractivity contribution is 5.94. The van der Waals surface area contributed by atoms with Crippen LogP contribution in [0, 0.1) is 0 Å². The standard InChI is InChI=1S/C13H19N3O3/c1-18-6-4-11-9-16(5-7-19-11)13(17)10-2-3-12(14)15-8-10/h2-3,8,11H,4-7,9H2,1H3,(H2,14,15). The molecule has 0 radical (unpaired) electrons. The van der Waals surface area contributed by atoms with Crippen molar-refractivity contribution in [1.82, 2.24) is 9.88 Å². The lowest BCUT2D eigenvalue weighted by Crippen LogP contribution is -2.46. The van der Waals surface area contributed by atoms with E-state index in [0.717, 1.165) is 6.42 Å². The zero-order valence-corrected chi connectivity index (χ0v) is 11.0. The first-order valence-corrected chi connectivity index (χ1v) is 6.32. The Labute approximate surface area is 112 Å². The van der Waals surface area contributed by atoms with Crippen LogP contribution in [0.4, 0.5) is 5.82 Å². The van der Waals surface area contributed by atoms with Gasteiger partial charge in [0.15, 0.2) is 0 Å². The fourth-order valence-corrected chi connectivity index (χ4v) is 2.04. The summed E-state index contributed by atoms with van der Waals surface area (Å²) in [5.74, 6) is 0.384. The molecule has 1 aliphatic heterocycles. The summed E-state index contributed by atoms with van der Waals surface area (Å²) in [5.41, 5.74) is 6.07. The highest BCUT2D eigenvalue weighted by atomic mass is 16.5. The predicted octanol–water partition coefficient (Wildman–Crippen LogP) is 0.541. The van der Waals surface area contributed by atoms with Gasteiger partial charge in [0, 0.05) is 33.0 Å². The zero-order valence-electron chi connectivity index (χ0n) is 11.0. The van der Waals surface area contributed by atoms with Crippen LogP contribution in [0.5, 0.6) is 0 Å². The van der Waals surface area contributed by atoms with Crippen LogP contribution in [0.25, 0.3) is 0 Å². The van der Waals surface area contributed by atoms with Gasteiger partial charge >= 0.3 is 0 Å². The molecule has 0 saturated carbocycles. The number of nitrogens with zero attached hydrogens (tertiary/aromatic N) is 2. The first kappa shape index (κ1) is 13.8. The van der Waals surface area contributed by atoms with E-state index in [0.29, 0.717) is 37.7 Å². The second kappa shape index (κ2) is 6.49. The highest BCUT2D eigenvalue weighted by Crippen LogP contribution is 2.13. The van der Waals surface area contributed by atoms with Gasteiger partial charge in [-0.2, -0.15) is 0 Å². The molecule has 6 heteroatoms. The Morgan fingerprint density at radius 1 is 1.63 bits per heavy atom. The minimum absolute atomic E-state index is 0.0294. The van der Waals surface area contributed by atoms with Gasteiger partial charge < -0.3 is 20.1 Å². The summed E-state index contributed by atoms with van der Waals surface area (Å²) < 4.78 is 10.6. The summed E-state index contributed by atoms with van der Waals surface area (Å²) in [6.07, 6.45) is 2.34. The summed E-state index contributed by atoms with van der Waals surface area (Å²) in [4.78, 5) is 18.0. The number of nitrogens with two attached hydrogens (primary N) is 1.